The molecule has 1 rings (SSSR count). The molecule has 0 aliphatic carbocycles. The zero-order valence-corrected chi connectivity index (χ0v) is 7.67. The van der Waals surface area contributed by atoms with Crippen molar-refractivity contribution in [2.45, 2.75) is 6.42 Å². The number of rotatable bonds is 3. The largest absolute Gasteiger partial charge is 0.515 e. The predicted octanol–water partition coefficient (Wildman–Crippen LogP) is 0.634. The van der Waals surface area contributed by atoms with Crippen molar-refractivity contribution in [1.29, 1.82) is 0 Å². The van der Waals surface area contributed by atoms with Gasteiger partial charge in [-0.25, -0.2) is 14.8 Å². The van der Waals surface area contributed by atoms with Crippen molar-refractivity contribution < 1.29 is 14.6 Å². The Morgan fingerprint density at radius 1 is 1.57 bits per heavy atom. The van der Waals surface area contributed by atoms with E-state index in [9.17, 15) is 4.79 Å². The number of esters is 1. The van der Waals surface area contributed by atoms with Gasteiger partial charge in [-0.15, -0.1) is 0 Å². The van der Waals surface area contributed by atoms with Crippen LogP contribution in [0, 0.1) is 0 Å². The van der Waals surface area contributed by atoms with Gasteiger partial charge >= 0.3 is 5.97 Å². The highest BCUT2D eigenvalue weighted by Crippen LogP contribution is 2.06. The summed E-state index contributed by atoms with van der Waals surface area (Å²) in [5.41, 5.74) is 0.903. The van der Waals surface area contributed by atoms with Crippen LogP contribution in [0.1, 0.15) is 5.56 Å². The van der Waals surface area contributed by atoms with E-state index in [1.54, 1.807) is 12.4 Å². The number of aliphatic hydroxyl groups excluding tert-OH is 1. The molecule has 5 heteroatoms. The lowest BCUT2D eigenvalue weighted by molar-refractivity contribution is -0.136. The Hall–Kier alpha value is -1.91. The Morgan fingerprint density at radius 2 is 2.21 bits per heavy atom. The first kappa shape index (κ1) is 10.2. The number of hydrogen-bond donors (Lipinski definition) is 1. The lowest BCUT2D eigenvalue weighted by Gasteiger charge is -2.02. The summed E-state index contributed by atoms with van der Waals surface area (Å²) in [7, 11) is 1.26. The molecular weight excluding hydrogens is 184 g/mol. The summed E-state index contributed by atoms with van der Waals surface area (Å²) in [5.74, 6) is -0.559. The SMILES string of the molecule is COC(=O)/C(=C/O)Cc1cncnc1. The topological polar surface area (TPSA) is 72.3 Å². The van der Waals surface area contributed by atoms with Gasteiger partial charge in [0.1, 0.15) is 6.33 Å². The summed E-state index contributed by atoms with van der Waals surface area (Å²) in [4.78, 5) is 18.6. The van der Waals surface area contributed by atoms with Gasteiger partial charge in [0.25, 0.3) is 0 Å². The molecule has 0 saturated heterocycles. The van der Waals surface area contributed by atoms with Crippen LogP contribution in [0.3, 0.4) is 0 Å². The Bertz CT molecular complexity index is 335. The van der Waals surface area contributed by atoms with Gasteiger partial charge < -0.3 is 9.84 Å². The summed E-state index contributed by atoms with van der Waals surface area (Å²) in [6.07, 6.45) is 5.52. The van der Waals surface area contributed by atoms with Crippen LogP contribution in [-0.2, 0) is 16.0 Å². The van der Waals surface area contributed by atoms with Gasteiger partial charge in [0.05, 0.1) is 18.9 Å². The maximum absolute atomic E-state index is 11.1. The third-order valence-electron chi connectivity index (χ3n) is 1.61. The van der Waals surface area contributed by atoms with Crippen molar-refractivity contribution in [1.82, 2.24) is 9.97 Å². The highest BCUT2D eigenvalue weighted by atomic mass is 16.5. The van der Waals surface area contributed by atoms with E-state index in [2.05, 4.69) is 14.7 Å². The number of nitrogens with zero attached hydrogens (tertiary/aromatic N) is 2. The average Bonchev–Trinajstić information content (AvgIpc) is 2.26. The zero-order valence-electron chi connectivity index (χ0n) is 7.67. The monoisotopic (exact) mass is 194 g/mol. The number of methoxy groups -OCH3 is 1. The van der Waals surface area contributed by atoms with Crippen LogP contribution < -0.4 is 0 Å². The van der Waals surface area contributed by atoms with Crippen LogP contribution >= 0.6 is 0 Å². The second kappa shape index (κ2) is 4.96. The van der Waals surface area contributed by atoms with Gasteiger partial charge in [-0.2, -0.15) is 0 Å². The summed E-state index contributed by atoms with van der Waals surface area (Å²) in [5, 5.41) is 8.79. The molecule has 0 spiro atoms. The third-order valence-corrected chi connectivity index (χ3v) is 1.61. The van der Waals surface area contributed by atoms with E-state index >= 15 is 0 Å². The van der Waals surface area contributed by atoms with Crippen molar-refractivity contribution in [3.05, 3.63) is 36.1 Å². The van der Waals surface area contributed by atoms with E-state index < -0.39 is 5.97 Å². The highest BCUT2D eigenvalue weighted by Gasteiger charge is 2.10. The molecule has 0 bridgehead atoms. The number of carbonyl (C=O) groups excluding carboxylic acids is 1. The van der Waals surface area contributed by atoms with Gasteiger partial charge in [0.15, 0.2) is 0 Å². The first-order chi connectivity index (χ1) is 6.77. The van der Waals surface area contributed by atoms with Crippen LogP contribution in [-0.4, -0.2) is 28.2 Å². The molecule has 1 aromatic heterocycles. The molecule has 1 aromatic rings. The first-order valence-corrected chi connectivity index (χ1v) is 3.93. The van der Waals surface area contributed by atoms with Gasteiger partial charge in [-0.3, -0.25) is 0 Å². The van der Waals surface area contributed by atoms with Crippen LogP contribution in [0.15, 0.2) is 30.6 Å². The van der Waals surface area contributed by atoms with E-state index in [-0.39, 0.29) is 12.0 Å². The standard InChI is InChI=1S/C9H10N2O3/c1-14-9(13)8(5-12)2-7-3-10-6-11-4-7/h3-6,12H,2H2,1H3/b8-5+. The Labute approximate surface area is 81.1 Å². The van der Waals surface area contributed by atoms with Gasteiger partial charge in [0, 0.05) is 18.8 Å². The minimum absolute atomic E-state index is 0.169. The van der Waals surface area contributed by atoms with Crippen LogP contribution in [0.25, 0.3) is 0 Å². The predicted molar refractivity (Wildman–Crippen MR) is 48.5 cm³/mol. The molecule has 0 saturated carbocycles. The molecular formula is C9H10N2O3. The third kappa shape index (κ3) is 2.55. The number of aliphatic hydroxyl groups is 1. The van der Waals surface area contributed by atoms with E-state index in [0.29, 0.717) is 0 Å². The molecule has 0 fully saturated rings. The lowest BCUT2D eigenvalue weighted by Crippen LogP contribution is -2.07. The van der Waals surface area contributed by atoms with Crippen LogP contribution in [0.5, 0.6) is 0 Å². The Balaban J connectivity index is 2.73. The molecule has 0 aliphatic heterocycles. The molecule has 0 unspecified atom stereocenters. The van der Waals surface area contributed by atoms with E-state index in [0.717, 1.165) is 11.8 Å². The van der Waals surface area contributed by atoms with Gasteiger partial charge in [-0.1, -0.05) is 0 Å². The Kier molecular flexibility index (Phi) is 3.60. The summed E-state index contributed by atoms with van der Waals surface area (Å²) in [6, 6.07) is 0. The van der Waals surface area contributed by atoms with Gasteiger partial charge in [0.2, 0.25) is 0 Å². The van der Waals surface area contributed by atoms with E-state index in [1.165, 1.54) is 13.4 Å². The smallest absolute Gasteiger partial charge is 0.337 e. The van der Waals surface area contributed by atoms with Crippen LogP contribution in [0.4, 0.5) is 0 Å². The van der Waals surface area contributed by atoms with Crippen molar-refractivity contribution in [2.75, 3.05) is 7.11 Å². The van der Waals surface area contributed by atoms with Gasteiger partial charge in [-0.05, 0) is 5.56 Å². The normalized spacial score (nSPS) is 11.1. The average molecular weight is 194 g/mol. The summed E-state index contributed by atoms with van der Waals surface area (Å²) >= 11 is 0. The molecule has 1 N–H and O–H groups in total. The Morgan fingerprint density at radius 3 is 2.71 bits per heavy atom. The maximum Gasteiger partial charge on any atom is 0.337 e. The second-order valence-electron chi connectivity index (χ2n) is 2.57. The number of carbonyl (C=O) groups is 1. The van der Waals surface area contributed by atoms with E-state index in [1.807, 2.05) is 0 Å². The minimum atomic E-state index is -0.559. The molecule has 0 aliphatic rings. The molecule has 0 amide bonds. The number of hydrogen-bond acceptors (Lipinski definition) is 5. The maximum atomic E-state index is 11.1. The number of aromatic nitrogens is 2. The van der Waals surface area contributed by atoms with Crippen molar-refractivity contribution in [2.24, 2.45) is 0 Å². The molecule has 74 valence electrons. The molecule has 5 nitrogen and oxygen atoms in total. The fourth-order valence-corrected chi connectivity index (χ4v) is 0.943. The molecule has 0 aromatic carbocycles. The molecule has 1 heterocycles. The fraction of sp³-hybridized carbons (Fsp3) is 0.222. The molecule has 0 radical (unpaired) electrons. The molecule has 14 heavy (non-hydrogen) atoms. The number of ether oxygens (including phenoxy) is 1. The second-order valence-corrected chi connectivity index (χ2v) is 2.57. The zero-order chi connectivity index (χ0) is 10.4. The van der Waals surface area contributed by atoms with Crippen molar-refractivity contribution >= 4 is 5.97 Å². The highest BCUT2D eigenvalue weighted by molar-refractivity contribution is 5.88. The first-order valence-electron chi connectivity index (χ1n) is 3.93. The summed E-state index contributed by atoms with van der Waals surface area (Å²) < 4.78 is 4.47. The summed E-state index contributed by atoms with van der Waals surface area (Å²) in [6.45, 7) is 0. The quantitative estimate of drug-likeness (QED) is 0.434. The lowest BCUT2D eigenvalue weighted by atomic mass is 10.1. The minimum Gasteiger partial charge on any atom is -0.515 e. The van der Waals surface area contributed by atoms with Crippen molar-refractivity contribution in [3.63, 3.8) is 0 Å². The van der Waals surface area contributed by atoms with E-state index in [4.69, 9.17) is 5.11 Å². The van der Waals surface area contributed by atoms with Crippen LogP contribution in [0.2, 0.25) is 0 Å². The fourth-order valence-electron chi connectivity index (χ4n) is 0.943. The van der Waals surface area contributed by atoms with Crippen molar-refractivity contribution in [3.8, 4) is 0 Å². The molecule has 0 atom stereocenters.